The van der Waals surface area contributed by atoms with Crippen molar-refractivity contribution in [3.8, 4) is 17.2 Å². The number of nitro benzene ring substituents is 1. The van der Waals surface area contributed by atoms with E-state index in [0.29, 0.717) is 22.9 Å². The number of nitrogens with one attached hydrogen (secondary N) is 1. The standard InChI is InChI=1S/C17H12N4O5/c22-17(19-12-2-4-15-16(8-12)26-10-25-15)11-1-3-13(14(7-11)21(23)24)20-6-5-18-9-20/h1-9H,10H2,(H,19,22). The monoisotopic (exact) mass is 352 g/mol. The van der Waals surface area contributed by atoms with Gasteiger partial charge in [0.05, 0.1) is 11.3 Å². The molecule has 0 spiro atoms. The van der Waals surface area contributed by atoms with Crippen molar-refractivity contribution >= 4 is 17.3 Å². The molecule has 0 saturated heterocycles. The zero-order valence-electron chi connectivity index (χ0n) is 13.3. The third kappa shape index (κ3) is 2.81. The van der Waals surface area contributed by atoms with Crippen molar-refractivity contribution in [1.82, 2.24) is 9.55 Å². The molecular weight excluding hydrogens is 340 g/mol. The van der Waals surface area contributed by atoms with Gasteiger partial charge in [0.2, 0.25) is 6.79 Å². The highest BCUT2D eigenvalue weighted by Crippen LogP contribution is 2.34. The van der Waals surface area contributed by atoms with Crippen LogP contribution < -0.4 is 14.8 Å². The lowest BCUT2D eigenvalue weighted by Gasteiger charge is -2.08. The van der Waals surface area contributed by atoms with Gasteiger partial charge in [-0.15, -0.1) is 0 Å². The summed E-state index contributed by atoms with van der Waals surface area (Å²) in [6, 6.07) is 9.24. The maximum absolute atomic E-state index is 12.5. The lowest BCUT2D eigenvalue weighted by Crippen LogP contribution is -2.12. The van der Waals surface area contributed by atoms with Gasteiger partial charge < -0.3 is 19.4 Å². The molecule has 0 unspecified atom stereocenters. The number of amides is 1. The normalized spacial score (nSPS) is 12.0. The number of rotatable bonds is 4. The molecule has 26 heavy (non-hydrogen) atoms. The number of fused-ring (bicyclic) bond motifs is 1. The van der Waals surface area contributed by atoms with Gasteiger partial charge in [0, 0.05) is 35.8 Å². The van der Waals surface area contributed by atoms with Crippen molar-refractivity contribution in [3.63, 3.8) is 0 Å². The Morgan fingerprint density at radius 2 is 2.04 bits per heavy atom. The van der Waals surface area contributed by atoms with E-state index in [9.17, 15) is 14.9 Å². The molecule has 9 heteroatoms. The maximum atomic E-state index is 12.5. The summed E-state index contributed by atoms with van der Waals surface area (Å²) in [4.78, 5) is 27.2. The summed E-state index contributed by atoms with van der Waals surface area (Å²) < 4.78 is 12.0. The van der Waals surface area contributed by atoms with Crippen molar-refractivity contribution in [2.24, 2.45) is 0 Å². The van der Waals surface area contributed by atoms with Crippen molar-refractivity contribution < 1.29 is 19.2 Å². The summed E-state index contributed by atoms with van der Waals surface area (Å²) in [5, 5.41) is 14.1. The van der Waals surface area contributed by atoms with Crippen LogP contribution in [-0.4, -0.2) is 27.2 Å². The van der Waals surface area contributed by atoms with Gasteiger partial charge in [0.25, 0.3) is 11.6 Å². The Morgan fingerprint density at radius 1 is 1.19 bits per heavy atom. The number of benzene rings is 2. The van der Waals surface area contributed by atoms with Crippen molar-refractivity contribution in [2.45, 2.75) is 0 Å². The molecule has 2 aromatic carbocycles. The molecule has 130 valence electrons. The van der Waals surface area contributed by atoms with E-state index in [1.165, 1.54) is 35.3 Å². The minimum Gasteiger partial charge on any atom is -0.454 e. The fourth-order valence-electron chi connectivity index (χ4n) is 2.61. The van der Waals surface area contributed by atoms with Crippen LogP contribution in [0.25, 0.3) is 5.69 Å². The first-order valence-electron chi connectivity index (χ1n) is 7.59. The zero-order chi connectivity index (χ0) is 18.1. The molecule has 9 nitrogen and oxygen atoms in total. The summed E-state index contributed by atoms with van der Waals surface area (Å²) in [5.74, 6) is 0.664. The Bertz CT molecular complexity index is 1000. The van der Waals surface area contributed by atoms with Crippen molar-refractivity contribution in [2.75, 3.05) is 12.1 Å². The predicted octanol–water partition coefficient (Wildman–Crippen LogP) is 2.76. The second-order valence-corrected chi connectivity index (χ2v) is 5.45. The quantitative estimate of drug-likeness (QED) is 0.571. The molecule has 0 bridgehead atoms. The molecule has 1 aromatic heterocycles. The van der Waals surface area contributed by atoms with Crippen LogP contribution in [0.3, 0.4) is 0 Å². The van der Waals surface area contributed by atoms with Crippen molar-refractivity contribution in [3.05, 3.63) is 70.8 Å². The Morgan fingerprint density at radius 3 is 2.81 bits per heavy atom. The summed E-state index contributed by atoms with van der Waals surface area (Å²) >= 11 is 0. The van der Waals surface area contributed by atoms with E-state index in [1.807, 2.05) is 0 Å². The van der Waals surface area contributed by atoms with E-state index in [-0.39, 0.29) is 18.0 Å². The largest absolute Gasteiger partial charge is 0.454 e. The number of nitrogens with zero attached hydrogens (tertiary/aromatic N) is 3. The average Bonchev–Trinajstić information content (AvgIpc) is 3.32. The fraction of sp³-hybridized carbons (Fsp3) is 0.0588. The number of anilines is 1. The number of nitro groups is 1. The number of ether oxygens (including phenoxy) is 2. The minimum atomic E-state index is -0.535. The van der Waals surface area contributed by atoms with Gasteiger partial charge in [0.15, 0.2) is 11.5 Å². The van der Waals surface area contributed by atoms with E-state index >= 15 is 0 Å². The zero-order valence-corrected chi connectivity index (χ0v) is 13.3. The number of hydrogen-bond donors (Lipinski definition) is 1. The Kier molecular flexibility index (Phi) is 3.73. The average molecular weight is 352 g/mol. The molecule has 0 fully saturated rings. The van der Waals surface area contributed by atoms with E-state index in [4.69, 9.17) is 9.47 Å². The summed E-state index contributed by atoms with van der Waals surface area (Å²) in [6.07, 6.45) is 4.56. The second kappa shape index (κ2) is 6.20. The van der Waals surface area contributed by atoms with Crippen LogP contribution in [0.1, 0.15) is 10.4 Å². The summed E-state index contributed by atoms with van der Waals surface area (Å²) in [5.41, 5.74) is 0.798. The molecule has 2 heterocycles. The van der Waals surface area contributed by atoms with Gasteiger partial charge in [-0.2, -0.15) is 0 Å². The Balaban J connectivity index is 1.62. The summed E-state index contributed by atoms with van der Waals surface area (Å²) in [7, 11) is 0. The van der Waals surface area contributed by atoms with Gasteiger partial charge in [-0.05, 0) is 24.3 Å². The third-order valence-electron chi connectivity index (χ3n) is 3.85. The van der Waals surface area contributed by atoms with Gasteiger partial charge in [-0.25, -0.2) is 4.98 Å². The van der Waals surface area contributed by atoms with Crippen LogP contribution in [0, 0.1) is 10.1 Å². The SMILES string of the molecule is O=C(Nc1ccc2c(c1)OCO2)c1ccc(-n2ccnc2)c([N+](=O)[O-])c1. The van der Waals surface area contributed by atoms with Crippen molar-refractivity contribution in [1.29, 1.82) is 0 Å². The smallest absolute Gasteiger partial charge is 0.294 e. The molecule has 0 atom stereocenters. The van der Waals surface area contributed by atoms with Gasteiger partial charge in [-0.1, -0.05) is 0 Å². The highest BCUT2D eigenvalue weighted by atomic mass is 16.7. The van der Waals surface area contributed by atoms with Gasteiger partial charge >= 0.3 is 0 Å². The molecule has 1 aliphatic rings. The van der Waals surface area contributed by atoms with Crippen LogP contribution in [0.4, 0.5) is 11.4 Å². The Hall–Kier alpha value is -3.88. The van der Waals surface area contributed by atoms with E-state index in [1.54, 1.807) is 24.4 Å². The van der Waals surface area contributed by atoms with Gasteiger partial charge in [-0.3, -0.25) is 14.9 Å². The number of aromatic nitrogens is 2. The Labute approximate surface area is 146 Å². The first-order chi connectivity index (χ1) is 12.6. The van der Waals surface area contributed by atoms with Crippen LogP contribution >= 0.6 is 0 Å². The number of carbonyl (C=O) groups is 1. The van der Waals surface area contributed by atoms with Crippen LogP contribution in [0.2, 0.25) is 0 Å². The summed E-state index contributed by atoms with van der Waals surface area (Å²) in [6.45, 7) is 0.134. The lowest BCUT2D eigenvalue weighted by atomic mass is 10.1. The van der Waals surface area contributed by atoms with Crippen LogP contribution in [0.15, 0.2) is 55.1 Å². The molecular formula is C17H12N4O5. The topological polar surface area (TPSA) is 109 Å². The van der Waals surface area contributed by atoms with E-state index in [0.717, 1.165) is 0 Å². The fourth-order valence-corrected chi connectivity index (χ4v) is 2.61. The van der Waals surface area contributed by atoms with E-state index in [2.05, 4.69) is 10.3 Å². The molecule has 1 N–H and O–H groups in total. The lowest BCUT2D eigenvalue weighted by molar-refractivity contribution is -0.384. The second-order valence-electron chi connectivity index (χ2n) is 5.45. The molecule has 1 amide bonds. The molecule has 1 aliphatic heterocycles. The predicted molar refractivity (Wildman–Crippen MR) is 90.7 cm³/mol. The molecule has 0 aliphatic carbocycles. The van der Waals surface area contributed by atoms with E-state index < -0.39 is 10.8 Å². The first-order valence-corrected chi connectivity index (χ1v) is 7.59. The van der Waals surface area contributed by atoms with Gasteiger partial charge in [0.1, 0.15) is 5.69 Å². The molecule has 0 saturated carbocycles. The highest BCUT2D eigenvalue weighted by molar-refractivity contribution is 6.05. The first kappa shape index (κ1) is 15.6. The number of carbonyl (C=O) groups excluding carboxylic acids is 1. The number of imidazole rings is 1. The molecule has 3 aromatic rings. The highest BCUT2D eigenvalue weighted by Gasteiger charge is 2.20. The van der Waals surface area contributed by atoms with Crippen LogP contribution in [-0.2, 0) is 0 Å². The molecule has 0 radical (unpaired) electrons. The maximum Gasteiger partial charge on any atom is 0.294 e. The molecule has 4 rings (SSSR count). The number of hydrogen-bond acceptors (Lipinski definition) is 6. The van der Waals surface area contributed by atoms with Crippen LogP contribution in [0.5, 0.6) is 11.5 Å². The minimum absolute atomic E-state index is 0.134. The third-order valence-corrected chi connectivity index (χ3v) is 3.85.